The van der Waals surface area contributed by atoms with Gasteiger partial charge in [-0.2, -0.15) is 0 Å². The first-order chi connectivity index (χ1) is 13.0. The number of amides is 1. The number of ether oxygens (including phenoxy) is 3. The molecule has 0 aliphatic heterocycles. The number of carbonyl (C=O) groups is 2. The highest BCUT2D eigenvalue weighted by Crippen LogP contribution is 2.19. The minimum Gasteiger partial charge on any atom is -0.507 e. The number of carbonyl (C=O) groups excluding carboxylic acids is 2. The van der Waals surface area contributed by atoms with Crippen LogP contribution in [0, 0.1) is 6.92 Å². The van der Waals surface area contributed by atoms with Gasteiger partial charge in [0.1, 0.15) is 29.4 Å². The molecule has 0 fully saturated rings. The zero-order valence-electron chi connectivity index (χ0n) is 15.4. The molecular weight excluding hydrogens is 350 g/mol. The number of nitrogens with one attached hydrogen (secondary N) is 1. The maximum Gasteiger partial charge on any atom is 0.342 e. The maximum absolute atomic E-state index is 11.9. The molecule has 1 amide bonds. The van der Waals surface area contributed by atoms with Crippen LogP contribution in [0.4, 0.5) is 0 Å². The molecule has 0 radical (unpaired) electrons. The van der Waals surface area contributed by atoms with Crippen molar-refractivity contribution in [3.05, 3.63) is 53.6 Å². The normalized spacial score (nSPS) is 10.1. The molecule has 0 saturated heterocycles. The van der Waals surface area contributed by atoms with Gasteiger partial charge in [-0.1, -0.05) is 6.07 Å². The molecule has 0 aliphatic carbocycles. The van der Waals surface area contributed by atoms with Crippen molar-refractivity contribution in [1.82, 2.24) is 5.32 Å². The molecular formula is C20H23NO6. The zero-order valence-corrected chi connectivity index (χ0v) is 15.4. The summed E-state index contributed by atoms with van der Waals surface area (Å²) in [5.74, 6) is 0.0382. The van der Waals surface area contributed by atoms with Gasteiger partial charge < -0.3 is 24.6 Å². The van der Waals surface area contributed by atoms with Crippen molar-refractivity contribution < 1.29 is 28.9 Å². The van der Waals surface area contributed by atoms with Crippen LogP contribution in [0.25, 0.3) is 0 Å². The molecule has 7 heteroatoms. The van der Waals surface area contributed by atoms with E-state index in [1.165, 1.54) is 12.1 Å². The van der Waals surface area contributed by atoms with Gasteiger partial charge in [-0.25, -0.2) is 4.79 Å². The van der Waals surface area contributed by atoms with Crippen LogP contribution in [-0.4, -0.2) is 43.3 Å². The number of phenolic OH excluding ortho intramolecular Hbond substituents is 1. The summed E-state index contributed by atoms with van der Waals surface area (Å²) in [5, 5.41) is 12.3. The second-order valence-electron chi connectivity index (χ2n) is 5.70. The highest BCUT2D eigenvalue weighted by Gasteiger charge is 2.14. The summed E-state index contributed by atoms with van der Waals surface area (Å²) >= 11 is 0. The number of hydrogen-bond donors (Lipinski definition) is 2. The highest BCUT2D eigenvalue weighted by molar-refractivity contribution is 5.93. The summed E-state index contributed by atoms with van der Waals surface area (Å²) in [6, 6.07) is 11.7. The third-order valence-electron chi connectivity index (χ3n) is 3.54. The molecule has 2 rings (SSSR count). The Bertz CT molecular complexity index is 773. The Balaban J connectivity index is 1.66. The molecule has 0 bridgehead atoms. The summed E-state index contributed by atoms with van der Waals surface area (Å²) in [7, 11) is 0. The molecule has 2 N–H and O–H groups in total. The van der Waals surface area contributed by atoms with E-state index in [2.05, 4.69) is 5.32 Å². The molecule has 2 aromatic rings. The van der Waals surface area contributed by atoms with Crippen molar-refractivity contribution in [2.45, 2.75) is 13.8 Å². The fourth-order valence-corrected chi connectivity index (χ4v) is 2.23. The highest BCUT2D eigenvalue weighted by atomic mass is 16.5. The van der Waals surface area contributed by atoms with Gasteiger partial charge in [-0.3, -0.25) is 4.79 Å². The van der Waals surface area contributed by atoms with E-state index in [1.54, 1.807) is 37.3 Å². The van der Waals surface area contributed by atoms with E-state index in [0.29, 0.717) is 12.4 Å². The second kappa shape index (κ2) is 10.1. The zero-order chi connectivity index (χ0) is 19.6. The Morgan fingerprint density at radius 2 is 1.70 bits per heavy atom. The molecule has 0 heterocycles. The molecule has 0 spiro atoms. The van der Waals surface area contributed by atoms with Crippen LogP contribution < -0.4 is 14.8 Å². The molecule has 0 atom stereocenters. The van der Waals surface area contributed by atoms with Gasteiger partial charge in [0.25, 0.3) is 5.91 Å². The molecule has 0 saturated carbocycles. The van der Waals surface area contributed by atoms with E-state index in [9.17, 15) is 14.7 Å². The number of benzene rings is 2. The topological polar surface area (TPSA) is 94.1 Å². The number of esters is 1. The maximum atomic E-state index is 11.9. The fraction of sp³-hybridized carbons (Fsp3) is 0.300. The molecule has 0 aromatic heterocycles. The van der Waals surface area contributed by atoms with E-state index in [1.807, 2.05) is 6.92 Å². The van der Waals surface area contributed by atoms with Crippen LogP contribution in [0.2, 0.25) is 0 Å². The van der Waals surface area contributed by atoms with Gasteiger partial charge in [0.15, 0.2) is 6.61 Å². The second-order valence-corrected chi connectivity index (χ2v) is 5.70. The Morgan fingerprint density at radius 1 is 1.04 bits per heavy atom. The van der Waals surface area contributed by atoms with E-state index in [4.69, 9.17) is 14.2 Å². The van der Waals surface area contributed by atoms with Crippen LogP contribution in [0.15, 0.2) is 42.5 Å². The molecule has 0 aliphatic rings. The quantitative estimate of drug-likeness (QED) is 0.518. The number of hydrogen-bond acceptors (Lipinski definition) is 6. The van der Waals surface area contributed by atoms with Crippen molar-refractivity contribution in [3.8, 4) is 17.2 Å². The Kier molecular flexibility index (Phi) is 7.49. The summed E-state index contributed by atoms with van der Waals surface area (Å²) in [5.41, 5.74) is 0.835. The van der Waals surface area contributed by atoms with Gasteiger partial charge in [0, 0.05) is 0 Å². The first kappa shape index (κ1) is 20.1. The van der Waals surface area contributed by atoms with Gasteiger partial charge in [-0.15, -0.1) is 0 Å². The number of rotatable bonds is 9. The minimum atomic E-state index is -0.756. The van der Waals surface area contributed by atoms with Crippen molar-refractivity contribution in [2.24, 2.45) is 0 Å². The monoisotopic (exact) mass is 373 g/mol. The Labute approximate surface area is 157 Å². The number of phenols is 1. The van der Waals surface area contributed by atoms with Gasteiger partial charge in [0.2, 0.25) is 0 Å². The predicted octanol–water partition coefficient (Wildman–Crippen LogP) is 2.45. The summed E-state index contributed by atoms with van der Waals surface area (Å²) in [4.78, 5) is 23.6. The van der Waals surface area contributed by atoms with Crippen LogP contribution >= 0.6 is 0 Å². The smallest absolute Gasteiger partial charge is 0.342 e. The number of aryl methyl sites for hydroxylation is 1. The lowest BCUT2D eigenvalue weighted by Gasteiger charge is -2.09. The van der Waals surface area contributed by atoms with Crippen LogP contribution in [0.1, 0.15) is 22.8 Å². The van der Waals surface area contributed by atoms with Crippen molar-refractivity contribution in [3.63, 3.8) is 0 Å². The first-order valence-corrected chi connectivity index (χ1v) is 8.58. The average molecular weight is 373 g/mol. The number of aromatic hydroxyl groups is 1. The van der Waals surface area contributed by atoms with Gasteiger partial charge in [0.05, 0.1) is 13.2 Å². The van der Waals surface area contributed by atoms with Crippen molar-refractivity contribution >= 4 is 11.9 Å². The minimum absolute atomic E-state index is 0.0206. The Hall–Kier alpha value is -3.22. The standard InChI is InChI=1S/C20H23NO6/c1-3-25-15-5-7-16(8-6-15)26-11-10-21-19(23)13-27-20(24)17-9-4-14(2)12-18(17)22/h4-9,12,22H,3,10-11,13H2,1-2H3,(H,21,23). The van der Waals surface area contributed by atoms with Crippen molar-refractivity contribution in [1.29, 1.82) is 0 Å². The van der Waals surface area contributed by atoms with Gasteiger partial charge in [-0.05, 0) is 55.8 Å². The van der Waals surface area contributed by atoms with Crippen LogP contribution in [0.5, 0.6) is 17.2 Å². The van der Waals surface area contributed by atoms with E-state index in [0.717, 1.165) is 11.3 Å². The van der Waals surface area contributed by atoms with E-state index < -0.39 is 18.5 Å². The molecule has 27 heavy (non-hydrogen) atoms. The summed E-state index contributed by atoms with van der Waals surface area (Å²) in [6.45, 7) is 4.40. The van der Waals surface area contributed by atoms with Crippen LogP contribution in [-0.2, 0) is 9.53 Å². The summed E-state index contributed by atoms with van der Waals surface area (Å²) < 4.78 is 15.7. The van der Waals surface area contributed by atoms with E-state index in [-0.39, 0.29) is 24.5 Å². The molecule has 0 unspecified atom stereocenters. The molecule has 144 valence electrons. The van der Waals surface area contributed by atoms with E-state index >= 15 is 0 Å². The van der Waals surface area contributed by atoms with Crippen molar-refractivity contribution in [2.75, 3.05) is 26.4 Å². The lowest BCUT2D eigenvalue weighted by Crippen LogP contribution is -2.32. The average Bonchev–Trinajstić information content (AvgIpc) is 2.65. The van der Waals surface area contributed by atoms with Crippen LogP contribution in [0.3, 0.4) is 0 Å². The SMILES string of the molecule is CCOc1ccc(OCCNC(=O)COC(=O)c2ccc(C)cc2O)cc1. The molecule has 7 nitrogen and oxygen atoms in total. The largest absolute Gasteiger partial charge is 0.507 e. The molecule has 2 aromatic carbocycles. The fourth-order valence-electron chi connectivity index (χ4n) is 2.23. The predicted molar refractivity (Wildman–Crippen MR) is 99.2 cm³/mol. The van der Waals surface area contributed by atoms with Gasteiger partial charge >= 0.3 is 5.97 Å². The first-order valence-electron chi connectivity index (χ1n) is 8.58. The Morgan fingerprint density at radius 3 is 2.33 bits per heavy atom. The summed E-state index contributed by atoms with van der Waals surface area (Å²) in [6.07, 6.45) is 0. The lowest BCUT2D eigenvalue weighted by atomic mass is 10.1. The third kappa shape index (κ3) is 6.54. The lowest BCUT2D eigenvalue weighted by molar-refractivity contribution is -0.124. The third-order valence-corrected chi connectivity index (χ3v) is 3.54.